The predicted molar refractivity (Wildman–Crippen MR) is 148 cm³/mol. The van der Waals surface area contributed by atoms with Gasteiger partial charge in [-0.3, -0.25) is 19.2 Å². The number of furan rings is 1. The summed E-state index contributed by atoms with van der Waals surface area (Å²) in [7, 11) is -4.11. The normalized spacial score (nSPS) is 11.5. The smallest absolute Gasteiger partial charge is 0.269 e. The highest BCUT2D eigenvalue weighted by atomic mass is 35.5. The number of carbonyl (C=O) groups excluding carboxylic acids is 1. The first-order chi connectivity index (χ1) is 18.5. The third kappa shape index (κ3) is 6.51. The average molecular weight is 567 g/mol. The fourth-order valence-corrected chi connectivity index (χ4v) is 5.13. The molecule has 200 valence electrons. The second kappa shape index (κ2) is 11.5. The predicted octanol–water partition coefficient (Wildman–Crippen LogP) is 5.47. The fraction of sp³-hybridized carbons (Fsp3) is 0.111. The van der Waals surface area contributed by atoms with Gasteiger partial charge < -0.3 is 4.42 Å². The number of anilines is 1. The molecule has 0 aliphatic heterocycles. The number of nitrogens with one attached hydrogen (secondary N) is 1. The minimum absolute atomic E-state index is 0.0178. The van der Waals surface area contributed by atoms with Crippen molar-refractivity contribution in [3.8, 4) is 11.3 Å². The number of hydrazone groups is 1. The monoisotopic (exact) mass is 566 g/mol. The van der Waals surface area contributed by atoms with Gasteiger partial charge in [0.25, 0.3) is 21.6 Å². The van der Waals surface area contributed by atoms with Crippen LogP contribution in [0, 0.1) is 24.0 Å². The van der Waals surface area contributed by atoms with Crippen molar-refractivity contribution in [3.63, 3.8) is 0 Å². The number of benzene rings is 3. The van der Waals surface area contributed by atoms with Crippen molar-refractivity contribution in [1.29, 1.82) is 0 Å². The van der Waals surface area contributed by atoms with Crippen LogP contribution in [0.1, 0.15) is 16.9 Å². The zero-order chi connectivity index (χ0) is 28.2. The molecule has 0 saturated carbocycles. The minimum Gasteiger partial charge on any atom is -0.455 e. The Morgan fingerprint density at radius 3 is 2.36 bits per heavy atom. The first kappa shape index (κ1) is 27.6. The summed E-state index contributed by atoms with van der Waals surface area (Å²) in [5.41, 5.74) is 5.08. The lowest BCUT2D eigenvalue weighted by atomic mass is 10.1. The number of sulfonamides is 1. The number of aryl methyl sites for hydroxylation is 2. The Kier molecular flexibility index (Phi) is 8.12. The van der Waals surface area contributed by atoms with Crippen LogP contribution in [0.15, 0.2) is 93.3 Å². The molecule has 0 atom stereocenters. The summed E-state index contributed by atoms with van der Waals surface area (Å²) < 4.78 is 33.6. The Morgan fingerprint density at radius 2 is 1.72 bits per heavy atom. The van der Waals surface area contributed by atoms with Crippen molar-refractivity contribution in [2.24, 2.45) is 5.10 Å². The largest absolute Gasteiger partial charge is 0.455 e. The van der Waals surface area contributed by atoms with E-state index in [9.17, 15) is 23.3 Å². The minimum atomic E-state index is -4.11. The zero-order valence-corrected chi connectivity index (χ0v) is 22.4. The number of nitro groups is 1. The Balaban J connectivity index is 1.50. The summed E-state index contributed by atoms with van der Waals surface area (Å²) in [4.78, 5) is 23.1. The van der Waals surface area contributed by atoms with Crippen molar-refractivity contribution in [2.45, 2.75) is 18.7 Å². The maximum atomic E-state index is 13.5. The lowest BCUT2D eigenvalue weighted by Crippen LogP contribution is -2.39. The maximum absolute atomic E-state index is 13.5. The molecule has 1 aromatic heterocycles. The molecule has 10 nitrogen and oxygen atoms in total. The Bertz CT molecular complexity index is 1650. The van der Waals surface area contributed by atoms with Crippen molar-refractivity contribution < 1.29 is 22.6 Å². The van der Waals surface area contributed by atoms with Crippen LogP contribution in [-0.4, -0.2) is 32.0 Å². The highest BCUT2D eigenvalue weighted by Crippen LogP contribution is 2.27. The van der Waals surface area contributed by atoms with E-state index < -0.39 is 27.4 Å². The van der Waals surface area contributed by atoms with Crippen LogP contribution in [0.5, 0.6) is 0 Å². The van der Waals surface area contributed by atoms with Crippen LogP contribution < -0.4 is 9.73 Å². The van der Waals surface area contributed by atoms with Crippen LogP contribution in [-0.2, 0) is 14.8 Å². The summed E-state index contributed by atoms with van der Waals surface area (Å²) in [6.07, 6.45) is 1.26. The average Bonchev–Trinajstić information content (AvgIpc) is 3.38. The summed E-state index contributed by atoms with van der Waals surface area (Å²) in [6.45, 7) is 3.22. The van der Waals surface area contributed by atoms with E-state index in [0.717, 1.165) is 15.4 Å². The molecule has 0 aliphatic rings. The molecule has 0 spiro atoms. The fourth-order valence-electron chi connectivity index (χ4n) is 3.59. The van der Waals surface area contributed by atoms with Gasteiger partial charge in [-0.25, -0.2) is 13.8 Å². The standard InChI is InChI=1S/C27H23ClN4O6S/c1-18-3-8-23(15-19(18)2)31(39(36,37)25-12-6-21(28)7-13-25)17-27(33)30-29-16-24-11-14-26(38-24)20-4-9-22(10-5-20)32(34)35/h3-16H,17H2,1-2H3,(H,30,33)/b29-16-. The quantitative estimate of drug-likeness (QED) is 0.162. The summed E-state index contributed by atoms with van der Waals surface area (Å²) in [5.74, 6) is 0.0836. The second-order valence-electron chi connectivity index (χ2n) is 8.53. The molecule has 0 bridgehead atoms. The molecular formula is C27H23ClN4O6S. The highest BCUT2D eigenvalue weighted by Gasteiger charge is 2.27. The maximum Gasteiger partial charge on any atom is 0.269 e. The molecule has 39 heavy (non-hydrogen) atoms. The van der Waals surface area contributed by atoms with E-state index in [0.29, 0.717) is 27.8 Å². The van der Waals surface area contributed by atoms with Gasteiger partial charge in [-0.15, -0.1) is 0 Å². The van der Waals surface area contributed by atoms with Gasteiger partial charge in [0, 0.05) is 22.7 Å². The summed E-state index contributed by atoms with van der Waals surface area (Å²) >= 11 is 5.92. The lowest BCUT2D eigenvalue weighted by Gasteiger charge is -2.24. The topological polar surface area (TPSA) is 135 Å². The molecule has 12 heteroatoms. The third-order valence-corrected chi connectivity index (χ3v) is 7.88. The van der Waals surface area contributed by atoms with E-state index >= 15 is 0 Å². The number of nitro benzene ring substituents is 1. The van der Waals surface area contributed by atoms with Crippen molar-refractivity contribution in [1.82, 2.24) is 5.43 Å². The van der Waals surface area contributed by atoms with Crippen LogP contribution in [0.25, 0.3) is 11.3 Å². The Hall–Kier alpha value is -4.48. The number of halogens is 1. The third-order valence-electron chi connectivity index (χ3n) is 5.84. The Labute approximate surface area is 229 Å². The molecule has 1 amide bonds. The van der Waals surface area contributed by atoms with Crippen LogP contribution in [0.4, 0.5) is 11.4 Å². The molecule has 3 aromatic carbocycles. The van der Waals surface area contributed by atoms with E-state index in [2.05, 4.69) is 10.5 Å². The van der Waals surface area contributed by atoms with Crippen LogP contribution >= 0.6 is 11.6 Å². The first-order valence-corrected chi connectivity index (χ1v) is 13.4. The van der Waals surface area contributed by atoms with E-state index in [1.807, 2.05) is 13.8 Å². The van der Waals surface area contributed by atoms with Gasteiger partial charge in [-0.05, 0) is 85.6 Å². The SMILES string of the molecule is Cc1ccc(N(CC(=O)N/N=C\c2ccc(-c3ccc([N+](=O)[O-])cc3)o2)S(=O)(=O)c2ccc(Cl)cc2)cc1C. The molecule has 1 heterocycles. The molecule has 0 aliphatic carbocycles. The van der Waals surface area contributed by atoms with E-state index in [1.54, 1.807) is 42.5 Å². The zero-order valence-electron chi connectivity index (χ0n) is 20.9. The number of non-ortho nitro benzene ring substituents is 1. The number of hydrogen-bond donors (Lipinski definition) is 1. The lowest BCUT2D eigenvalue weighted by molar-refractivity contribution is -0.384. The molecule has 1 N–H and O–H groups in total. The molecule has 0 saturated heterocycles. The first-order valence-electron chi connectivity index (χ1n) is 11.6. The van der Waals surface area contributed by atoms with Gasteiger partial charge >= 0.3 is 0 Å². The number of carbonyl (C=O) groups is 1. The molecule has 4 aromatic rings. The van der Waals surface area contributed by atoms with E-state index in [4.69, 9.17) is 16.0 Å². The van der Waals surface area contributed by atoms with Crippen molar-refractivity contribution in [2.75, 3.05) is 10.8 Å². The van der Waals surface area contributed by atoms with Gasteiger partial charge in [0.1, 0.15) is 18.1 Å². The van der Waals surface area contributed by atoms with Gasteiger partial charge in [0.05, 0.1) is 21.7 Å². The number of rotatable bonds is 9. The number of amides is 1. The van der Waals surface area contributed by atoms with Gasteiger partial charge in [0.2, 0.25) is 0 Å². The van der Waals surface area contributed by atoms with E-state index in [-0.39, 0.29) is 10.6 Å². The second-order valence-corrected chi connectivity index (χ2v) is 10.8. The van der Waals surface area contributed by atoms with Crippen LogP contribution in [0.3, 0.4) is 0 Å². The molecule has 0 fully saturated rings. The van der Waals surface area contributed by atoms with Crippen molar-refractivity contribution >= 4 is 45.1 Å². The van der Waals surface area contributed by atoms with Crippen LogP contribution in [0.2, 0.25) is 5.02 Å². The molecule has 0 radical (unpaired) electrons. The molecular weight excluding hydrogens is 544 g/mol. The number of nitrogens with zero attached hydrogens (tertiary/aromatic N) is 3. The number of hydrogen-bond acceptors (Lipinski definition) is 7. The molecule has 4 rings (SSSR count). The Morgan fingerprint density at radius 1 is 1.03 bits per heavy atom. The van der Waals surface area contributed by atoms with Gasteiger partial charge in [-0.1, -0.05) is 17.7 Å². The van der Waals surface area contributed by atoms with E-state index in [1.165, 1.54) is 42.6 Å². The molecule has 0 unspecified atom stereocenters. The summed E-state index contributed by atoms with van der Waals surface area (Å²) in [6, 6.07) is 19.9. The van der Waals surface area contributed by atoms with Gasteiger partial charge in [-0.2, -0.15) is 5.10 Å². The highest BCUT2D eigenvalue weighted by molar-refractivity contribution is 7.92. The van der Waals surface area contributed by atoms with Crippen molar-refractivity contribution in [3.05, 3.63) is 111 Å². The van der Waals surface area contributed by atoms with Gasteiger partial charge in [0.15, 0.2) is 0 Å². The summed E-state index contributed by atoms with van der Waals surface area (Å²) in [5, 5.41) is 15.1.